The van der Waals surface area contributed by atoms with E-state index in [0.29, 0.717) is 17.1 Å². The molecule has 104 valence electrons. The molecule has 0 spiro atoms. The van der Waals surface area contributed by atoms with Crippen LogP contribution in [0.25, 0.3) is 0 Å². The van der Waals surface area contributed by atoms with Crippen molar-refractivity contribution in [1.29, 1.82) is 0 Å². The molecule has 20 heavy (non-hydrogen) atoms. The maximum Gasteiger partial charge on any atom is 0.273 e. The number of nitrogens with two attached hydrogens (primary N) is 1. The Bertz CT molecular complexity index is 661. The fourth-order valence-electron chi connectivity index (χ4n) is 1.72. The summed E-state index contributed by atoms with van der Waals surface area (Å²) in [5, 5.41) is 13.9. The lowest BCUT2D eigenvalue weighted by Gasteiger charge is -2.09. The molecule has 0 aliphatic carbocycles. The van der Waals surface area contributed by atoms with Crippen molar-refractivity contribution in [2.24, 2.45) is 0 Å². The number of methoxy groups -OCH3 is 1. The molecule has 0 bridgehead atoms. The van der Waals surface area contributed by atoms with Crippen LogP contribution in [0.1, 0.15) is 0 Å². The lowest BCUT2D eigenvalue weighted by Crippen LogP contribution is -1.96. The molecule has 6 nitrogen and oxygen atoms in total. The molecule has 0 fully saturated rings. The fourth-order valence-corrected chi connectivity index (χ4v) is 2.26. The molecule has 0 saturated carbocycles. The smallest absolute Gasteiger partial charge is 0.273 e. The van der Waals surface area contributed by atoms with Gasteiger partial charge in [0.15, 0.2) is 0 Å². The van der Waals surface area contributed by atoms with Gasteiger partial charge in [-0.05, 0) is 40.2 Å². The third kappa shape index (κ3) is 3.18. The molecule has 0 aliphatic heterocycles. The van der Waals surface area contributed by atoms with Crippen LogP contribution in [0, 0.1) is 10.1 Å². The second-order valence-electron chi connectivity index (χ2n) is 4.04. The second-order valence-corrected chi connectivity index (χ2v) is 4.90. The Balaban J connectivity index is 2.30. The van der Waals surface area contributed by atoms with E-state index >= 15 is 0 Å². The maximum absolute atomic E-state index is 10.8. The van der Waals surface area contributed by atoms with Gasteiger partial charge in [-0.3, -0.25) is 10.1 Å². The van der Waals surface area contributed by atoms with Gasteiger partial charge >= 0.3 is 0 Å². The highest BCUT2D eigenvalue weighted by Crippen LogP contribution is 2.30. The highest BCUT2D eigenvalue weighted by molar-refractivity contribution is 9.10. The molecular formula is C13H12BrN3O3. The Morgan fingerprint density at radius 3 is 2.60 bits per heavy atom. The van der Waals surface area contributed by atoms with Gasteiger partial charge in [0.05, 0.1) is 16.5 Å². The van der Waals surface area contributed by atoms with E-state index in [1.54, 1.807) is 25.3 Å². The van der Waals surface area contributed by atoms with Crippen LogP contribution in [-0.4, -0.2) is 12.0 Å². The highest BCUT2D eigenvalue weighted by atomic mass is 79.9. The van der Waals surface area contributed by atoms with Gasteiger partial charge in [0.25, 0.3) is 5.69 Å². The minimum absolute atomic E-state index is 0.0555. The first kappa shape index (κ1) is 14.1. The van der Waals surface area contributed by atoms with E-state index in [4.69, 9.17) is 10.5 Å². The molecule has 7 heteroatoms. The quantitative estimate of drug-likeness (QED) is 0.504. The summed E-state index contributed by atoms with van der Waals surface area (Å²) in [7, 11) is 1.58. The number of ether oxygens (including phenoxy) is 1. The molecule has 0 aromatic heterocycles. The van der Waals surface area contributed by atoms with Crippen LogP contribution in [0.4, 0.5) is 22.7 Å². The fraction of sp³-hybridized carbons (Fsp3) is 0.0769. The largest absolute Gasteiger partial charge is 0.496 e. The van der Waals surface area contributed by atoms with Crippen molar-refractivity contribution >= 4 is 38.7 Å². The van der Waals surface area contributed by atoms with E-state index in [1.165, 1.54) is 12.1 Å². The van der Waals surface area contributed by atoms with Crippen molar-refractivity contribution < 1.29 is 9.66 Å². The lowest BCUT2D eigenvalue weighted by atomic mass is 10.2. The normalized spacial score (nSPS) is 10.1. The van der Waals surface area contributed by atoms with Crippen molar-refractivity contribution in [3.8, 4) is 5.75 Å². The second kappa shape index (κ2) is 5.79. The average Bonchev–Trinajstić information content (AvgIpc) is 2.38. The zero-order valence-corrected chi connectivity index (χ0v) is 12.2. The number of nitrogens with zero attached hydrogens (tertiary/aromatic N) is 1. The molecule has 0 aliphatic rings. The number of benzene rings is 2. The summed E-state index contributed by atoms with van der Waals surface area (Å²) in [4.78, 5) is 10.3. The molecule has 0 radical (unpaired) electrons. The minimum Gasteiger partial charge on any atom is -0.496 e. The van der Waals surface area contributed by atoms with Crippen molar-refractivity contribution in [1.82, 2.24) is 0 Å². The van der Waals surface area contributed by atoms with Gasteiger partial charge in [-0.2, -0.15) is 0 Å². The summed E-state index contributed by atoms with van der Waals surface area (Å²) in [5.74, 6) is 0.703. The van der Waals surface area contributed by atoms with E-state index < -0.39 is 4.92 Å². The standard InChI is InChI=1S/C13H12BrN3O3/c1-20-13-3-2-9(7-12(13)14)16-10-4-8(15)5-11(6-10)17(18)19/h2-7,16H,15H2,1H3. The van der Waals surface area contributed by atoms with Crippen LogP contribution >= 0.6 is 15.9 Å². The van der Waals surface area contributed by atoms with Gasteiger partial charge in [-0.1, -0.05) is 0 Å². The molecule has 0 saturated heterocycles. The molecule has 2 aromatic carbocycles. The first-order valence-electron chi connectivity index (χ1n) is 5.65. The number of hydrogen-bond acceptors (Lipinski definition) is 5. The Morgan fingerprint density at radius 2 is 2.00 bits per heavy atom. The Kier molecular flexibility index (Phi) is 4.09. The Morgan fingerprint density at radius 1 is 1.25 bits per heavy atom. The Labute approximate surface area is 123 Å². The van der Waals surface area contributed by atoms with Crippen LogP contribution in [0.2, 0.25) is 0 Å². The summed E-state index contributed by atoms with van der Waals surface area (Å²) >= 11 is 3.37. The lowest BCUT2D eigenvalue weighted by molar-refractivity contribution is -0.384. The van der Waals surface area contributed by atoms with Crippen LogP contribution in [0.5, 0.6) is 5.75 Å². The zero-order valence-electron chi connectivity index (χ0n) is 10.6. The topological polar surface area (TPSA) is 90.4 Å². The summed E-state index contributed by atoms with van der Waals surface area (Å²) in [6.07, 6.45) is 0. The third-order valence-corrected chi connectivity index (χ3v) is 3.21. The molecule has 0 unspecified atom stereocenters. The van der Waals surface area contributed by atoms with Gasteiger partial charge in [0, 0.05) is 29.2 Å². The number of halogens is 1. The Hall–Kier alpha value is -2.28. The number of hydrogen-bond donors (Lipinski definition) is 2. The average molecular weight is 338 g/mol. The van der Waals surface area contributed by atoms with Crippen molar-refractivity contribution in [3.63, 3.8) is 0 Å². The van der Waals surface area contributed by atoms with E-state index in [-0.39, 0.29) is 5.69 Å². The van der Waals surface area contributed by atoms with Crippen LogP contribution in [0.3, 0.4) is 0 Å². The number of nitrogens with one attached hydrogen (secondary N) is 1. The van der Waals surface area contributed by atoms with Gasteiger partial charge in [0.2, 0.25) is 0 Å². The number of nitro benzene ring substituents is 1. The third-order valence-electron chi connectivity index (χ3n) is 2.59. The van der Waals surface area contributed by atoms with E-state index in [9.17, 15) is 10.1 Å². The van der Waals surface area contributed by atoms with E-state index in [2.05, 4.69) is 21.2 Å². The molecule has 0 amide bonds. The summed E-state index contributed by atoms with van der Waals surface area (Å²) < 4.78 is 5.92. The first-order valence-corrected chi connectivity index (χ1v) is 6.44. The molecule has 2 aromatic rings. The summed E-state index contributed by atoms with van der Waals surface area (Å²) in [6.45, 7) is 0. The zero-order chi connectivity index (χ0) is 14.7. The van der Waals surface area contributed by atoms with Crippen LogP contribution in [0.15, 0.2) is 40.9 Å². The summed E-state index contributed by atoms with van der Waals surface area (Å²) in [5.41, 5.74) is 7.24. The molecule has 3 N–H and O–H groups in total. The molecule has 2 rings (SSSR count). The predicted molar refractivity (Wildman–Crippen MR) is 81.5 cm³/mol. The molecular weight excluding hydrogens is 326 g/mol. The SMILES string of the molecule is COc1ccc(Nc2cc(N)cc([N+](=O)[O-])c2)cc1Br. The van der Waals surface area contributed by atoms with Gasteiger partial charge in [-0.25, -0.2) is 0 Å². The monoisotopic (exact) mass is 337 g/mol. The van der Waals surface area contributed by atoms with Crippen molar-refractivity contribution in [2.75, 3.05) is 18.2 Å². The maximum atomic E-state index is 10.8. The molecule has 0 heterocycles. The van der Waals surface area contributed by atoms with Gasteiger partial charge in [-0.15, -0.1) is 0 Å². The summed E-state index contributed by atoms with van der Waals surface area (Å²) in [6, 6.07) is 9.77. The van der Waals surface area contributed by atoms with Gasteiger partial charge in [0.1, 0.15) is 5.75 Å². The van der Waals surface area contributed by atoms with Crippen LogP contribution in [-0.2, 0) is 0 Å². The number of nitro groups is 1. The van der Waals surface area contributed by atoms with Crippen molar-refractivity contribution in [3.05, 3.63) is 51.0 Å². The highest BCUT2D eigenvalue weighted by Gasteiger charge is 2.09. The van der Waals surface area contributed by atoms with Crippen molar-refractivity contribution in [2.45, 2.75) is 0 Å². The minimum atomic E-state index is -0.481. The predicted octanol–water partition coefficient (Wildman–Crippen LogP) is 3.69. The van der Waals surface area contributed by atoms with E-state index in [0.717, 1.165) is 10.2 Å². The number of non-ortho nitro benzene ring substituents is 1. The number of anilines is 3. The molecule has 0 atom stereocenters. The number of rotatable bonds is 4. The van der Waals surface area contributed by atoms with E-state index in [1.807, 2.05) is 6.07 Å². The number of nitrogen functional groups attached to an aromatic ring is 1. The van der Waals surface area contributed by atoms with Gasteiger partial charge < -0.3 is 15.8 Å². The van der Waals surface area contributed by atoms with Crippen LogP contribution < -0.4 is 15.8 Å². The first-order chi connectivity index (χ1) is 9.49.